The average molecular weight is 385 g/mol. The van der Waals surface area contributed by atoms with Crippen LogP contribution < -0.4 is 10.6 Å². The van der Waals surface area contributed by atoms with Crippen molar-refractivity contribution in [3.8, 4) is 0 Å². The Morgan fingerprint density at radius 2 is 1.92 bits per heavy atom. The third kappa shape index (κ3) is 3.96. The van der Waals surface area contributed by atoms with Crippen LogP contribution in [0.15, 0.2) is 30.6 Å². The molecule has 26 heavy (non-hydrogen) atoms. The lowest BCUT2D eigenvalue weighted by atomic mass is 10.2. The fraction of sp³-hybridized carbons (Fsp3) is 0.250. The predicted molar refractivity (Wildman–Crippen MR) is 89.2 cm³/mol. The number of rotatable bonds is 4. The Morgan fingerprint density at radius 3 is 2.62 bits per heavy atom. The highest BCUT2D eigenvalue weighted by atomic mass is 32.2. The summed E-state index contributed by atoms with van der Waals surface area (Å²) in [5.41, 5.74) is -0.0420. The van der Waals surface area contributed by atoms with Gasteiger partial charge in [0, 0.05) is 18.4 Å². The van der Waals surface area contributed by atoms with Crippen molar-refractivity contribution in [2.75, 3.05) is 22.1 Å². The van der Waals surface area contributed by atoms with Gasteiger partial charge < -0.3 is 10.6 Å². The van der Waals surface area contributed by atoms with E-state index < -0.39 is 38.9 Å². The number of nitrogens with one attached hydrogen (secondary N) is 2. The van der Waals surface area contributed by atoms with E-state index in [1.807, 2.05) is 0 Å². The van der Waals surface area contributed by atoms with Crippen LogP contribution in [-0.2, 0) is 9.84 Å². The summed E-state index contributed by atoms with van der Waals surface area (Å²) in [6, 6.07) is 2.73. The molecule has 1 unspecified atom stereocenters. The van der Waals surface area contributed by atoms with E-state index in [2.05, 4.69) is 15.6 Å². The number of carbonyl (C=O) groups excluding carboxylic acids is 1. The fourth-order valence-electron chi connectivity index (χ4n) is 2.60. The van der Waals surface area contributed by atoms with Gasteiger partial charge in [0.2, 0.25) is 0 Å². The number of sulfone groups is 1. The van der Waals surface area contributed by atoms with Crippen LogP contribution >= 0.6 is 0 Å². The van der Waals surface area contributed by atoms with Crippen molar-refractivity contribution < 1.29 is 26.4 Å². The normalized spacial score (nSPS) is 18.5. The molecule has 6 nitrogen and oxygen atoms in total. The first kappa shape index (κ1) is 18.2. The second-order valence-corrected chi connectivity index (χ2v) is 8.11. The summed E-state index contributed by atoms with van der Waals surface area (Å²) in [6.45, 7) is 0. The number of hydrogen-bond donors (Lipinski definition) is 2. The molecule has 2 aromatic rings. The number of hydrogen-bond acceptors (Lipinski definition) is 5. The van der Waals surface area contributed by atoms with Gasteiger partial charge in [-0.3, -0.25) is 9.78 Å². The van der Waals surface area contributed by atoms with Crippen molar-refractivity contribution in [3.05, 3.63) is 53.6 Å². The third-order valence-corrected chi connectivity index (χ3v) is 5.65. The maximum atomic E-state index is 13.6. The molecule has 2 heterocycles. The van der Waals surface area contributed by atoms with E-state index in [0.29, 0.717) is 18.2 Å². The Balaban J connectivity index is 1.74. The zero-order valence-electron chi connectivity index (χ0n) is 13.3. The van der Waals surface area contributed by atoms with Gasteiger partial charge in [-0.05, 0) is 24.6 Å². The number of nitrogens with zero attached hydrogens (tertiary/aromatic N) is 1. The number of aromatic nitrogens is 1. The lowest BCUT2D eigenvalue weighted by Gasteiger charge is -2.13. The molecular formula is C16H14F3N3O3S. The molecule has 1 fully saturated rings. The van der Waals surface area contributed by atoms with Gasteiger partial charge in [0.1, 0.15) is 0 Å². The van der Waals surface area contributed by atoms with Crippen LogP contribution in [0.25, 0.3) is 0 Å². The quantitative estimate of drug-likeness (QED) is 0.789. The summed E-state index contributed by atoms with van der Waals surface area (Å²) in [4.78, 5) is 16.1. The molecule has 0 saturated carbocycles. The molecule has 0 aliphatic carbocycles. The number of halogens is 3. The molecule has 1 amide bonds. The summed E-state index contributed by atoms with van der Waals surface area (Å²) in [6.07, 6.45) is 3.07. The second-order valence-electron chi connectivity index (χ2n) is 5.88. The number of amides is 1. The highest BCUT2D eigenvalue weighted by molar-refractivity contribution is 7.91. The predicted octanol–water partition coefficient (Wildman–Crippen LogP) is 2.35. The molecule has 1 atom stereocenters. The van der Waals surface area contributed by atoms with E-state index in [1.165, 1.54) is 18.5 Å². The van der Waals surface area contributed by atoms with E-state index in [4.69, 9.17) is 0 Å². The van der Waals surface area contributed by atoms with Crippen LogP contribution in [0, 0.1) is 17.5 Å². The number of pyridine rings is 1. The summed E-state index contributed by atoms with van der Waals surface area (Å²) in [7, 11) is -3.07. The molecule has 3 rings (SSSR count). The fourth-order valence-corrected chi connectivity index (χ4v) is 4.28. The Morgan fingerprint density at radius 1 is 1.15 bits per heavy atom. The first-order valence-electron chi connectivity index (χ1n) is 7.62. The first-order valence-corrected chi connectivity index (χ1v) is 9.44. The number of benzene rings is 1. The average Bonchev–Trinajstić information content (AvgIpc) is 2.94. The monoisotopic (exact) mass is 385 g/mol. The SMILES string of the molecule is O=C(Nc1ccc(F)c(F)c1F)c1cncc(NC2CCS(=O)(=O)C2)c1. The Hall–Kier alpha value is -2.62. The summed E-state index contributed by atoms with van der Waals surface area (Å²) >= 11 is 0. The number of anilines is 2. The molecule has 1 saturated heterocycles. The summed E-state index contributed by atoms with van der Waals surface area (Å²) in [5, 5.41) is 5.12. The van der Waals surface area contributed by atoms with Crippen LogP contribution in [0.4, 0.5) is 24.5 Å². The Bertz CT molecular complexity index is 966. The summed E-state index contributed by atoms with van der Waals surface area (Å²) in [5.74, 6) is -5.24. The largest absolute Gasteiger partial charge is 0.380 e. The molecule has 1 aliphatic rings. The van der Waals surface area contributed by atoms with Gasteiger partial charge in [-0.25, -0.2) is 21.6 Å². The van der Waals surface area contributed by atoms with Gasteiger partial charge in [-0.15, -0.1) is 0 Å². The van der Waals surface area contributed by atoms with Crippen molar-refractivity contribution in [2.24, 2.45) is 0 Å². The van der Waals surface area contributed by atoms with Crippen molar-refractivity contribution in [3.63, 3.8) is 0 Å². The minimum absolute atomic E-state index is 0.0104. The minimum Gasteiger partial charge on any atom is -0.380 e. The topological polar surface area (TPSA) is 88.2 Å². The maximum absolute atomic E-state index is 13.6. The molecule has 10 heteroatoms. The van der Waals surface area contributed by atoms with Gasteiger partial charge in [0.25, 0.3) is 5.91 Å². The molecule has 0 spiro atoms. The number of carbonyl (C=O) groups is 1. The van der Waals surface area contributed by atoms with Crippen LogP contribution in [0.1, 0.15) is 16.8 Å². The third-order valence-electron chi connectivity index (χ3n) is 3.89. The Kier molecular flexibility index (Phi) is 4.86. The van der Waals surface area contributed by atoms with Crippen molar-refractivity contribution >= 4 is 27.1 Å². The highest BCUT2D eigenvalue weighted by Crippen LogP contribution is 2.21. The van der Waals surface area contributed by atoms with Crippen molar-refractivity contribution in [2.45, 2.75) is 12.5 Å². The summed E-state index contributed by atoms with van der Waals surface area (Å²) < 4.78 is 62.8. The van der Waals surface area contributed by atoms with E-state index in [9.17, 15) is 26.4 Å². The zero-order chi connectivity index (χ0) is 18.9. The molecule has 2 N–H and O–H groups in total. The Labute approximate surface area is 147 Å². The standard InChI is InChI=1S/C16H14F3N3O3S/c17-12-1-2-13(15(19)14(12)18)22-16(23)9-5-11(7-20-6-9)21-10-3-4-26(24,25)8-10/h1-2,5-7,10,21H,3-4,8H2,(H,22,23). The molecule has 1 aromatic carbocycles. The van der Waals surface area contributed by atoms with Gasteiger partial charge in [0.05, 0.1) is 28.4 Å². The van der Waals surface area contributed by atoms with Crippen molar-refractivity contribution in [1.82, 2.24) is 4.98 Å². The van der Waals surface area contributed by atoms with Gasteiger partial charge in [0.15, 0.2) is 27.3 Å². The van der Waals surface area contributed by atoms with E-state index in [-0.39, 0.29) is 23.1 Å². The van der Waals surface area contributed by atoms with Gasteiger partial charge >= 0.3 is 0 Å². The highest BCUT2D eigenvalue weighted by Gasteiger charge is 2.27. The maximum Gasteiger partial charge on any atom is 0.257 e. The van der Waals surface area contributed by atoms with E-state index in [1.54, 1.807) is 0 Å². The lowest BCUT2D eigenvalue weighted by Crippen LogP contribution is -2.21. The lowest BCUT2D eigenvalue weighted by molar-refractivity contribution is 0.102. The van der Waals surface area contributed by atoms with E-state index >= 15 is 0 Å². The van der Waals surface area contributed by atoms with Gasteiger partial charge in [-0.2, -0.15) is 0 Å². The zero-order valence-corrected chi connectivity index (χ0v) is 14.1. The minimum atomic E-state index is -3.07. The smallest absolute Gasteiger partial charge is 0.257 e. The second kappa shape index (κ2) is 6.94. The molecule has 1 aliphatic heterocycles. The molecule has 1 aromatic heterocycles. The van der Waals surface area contributed by atoms with Crippen LogP contribution in [-0.4, -0.2) is 36.9 Å². The molecule has 0 radical (unpaired) electrons. The van der Waals surface area contributed by atoms with Crippen molar-refractivity contribution in [1.29, 1.82) is 0 Å². The van der Waals surface area contributed by atoms with E-state index in [0.717, 1.165) is 6.07 Å². The first-order chi connectivity index (χ1) is 12.2. The molecule has 0 bridgehead atoms. The molecular weight excluding hydrogens is 371 g/mol. The van der Waals surface area contributed by atoms with Crippen LogP contribution in [0.3, 0.4) is 0 Å². The van der Waals surface area contributed by atoms with Crippen LogP contribution in [0.5, 0.6) is 0 Å². The van der Waals surface area contributed by atoms with Crippen LogP contribution in [0.2, 0.25) is 0 Å². The molecule has 138 valence electrons. The van der Waals surface area contributed by atoms with Gasteiger partial charge in [-0.1, -0.05) is 0 Å².